The Kier molecular flexibility index (Phi) is 7.01. The van der Waals surface area contributed by atoms with Gasteiger partial charge >= 0.3 is 0 Å². The summed E-state index contributed by atoms with van der Waals surface area (Å²) in [6, 6.07) is 12.7. The minimum absolute atomic E-state index is 0.285. The normalized spacial score (nSPS) is 10.9. The van der Waals surface area contributed by atoms with Gasteiger partial charge in [0.1, 0.15) is 0 Å². The summed E-state index contributed by atoms with van der Waals surface area (Å²) in [7, 11) is 1.59. The van der Waals surface area contributed by atoms with E-state index in [1.165, 1.54) is 0 Å². The van der Waals surface area contributed by atoms with Crippen molar-refractivity contribution in [2.75, 3.05) is 13.7 Å². The number of hydrogen-bond donors (Lipinski definition) is 1. The minimum Gasteiger partial charge on any atom is -0.493 e. The van der Waals surface area contributed by atoms with Gasteiger partial charge < -0.3 is 9.47 Å². The van der Waals surface area contributed by atoms with Crippen LogP contribution in [-0.2, 0) is 0 Å². The molecule has 1 N–H and O–H groups in total. The second-order valence-corrected chi connectivity index (χ2v) is 6.65. The monoisotopic (exact) mass is 404 g/mol. The van der Waals surface area contributed by atoms with Crippen LogP contribution in [0.15, 0.2) is 52.0 Å². The van der Waals surface area contributed by atoms with E-state index in [1.54, 1.807) is 31.5 Å². The van der Waals surface area contributed by atoms with Gasteiger partial charge in [0.25, 0.3) is 5.91 Å². The van der Waals surface area contributed by atoms with Crippen LogP contribution in [0.3, 0.4) is 0 Å². The van der Waals surface area contributed by atoms with Crippen LogP contribution in [0.2, 0.25) is 0 Å². The molecule has 0 heterocycles. The molecule has 0 unspecified atom stereocenters. The Morgan fingerprint density at radius 1 is 1.24 bits per heavy atom. The molecule has 25 heavy (non-hydrogen) atoms. The molecule has 0 aliphatic carbocycles. The van der Waals surface area contributed by atoms with Gasteiger partial charge in [0.15, 0.2) is 11.5 Å². The van der Waals surface area contributed by atoms with Gasteiger partial charge in [-0.05, 0) is 57.7 Å². The third-order valence-corrected chi connectivity index (χ3v) is 3.95. The molecular weight excluding hydrogens is 384 g/mol. The van der Waals surface area contributed by atoms with Gasteiger partial charge in [-0.1, -0.05) is 26.0 Å². The van der Waals surface area contributed by atoms with Gasteiger partial charge in [-0.3, -0.25) is 4.79 Å². The summed E-state index contributed by atoms with van der Waals surface area (Å²) >= 11 is 3.34. The molecule has 0 saturated heterocycles. The summed E-state index contributed by atoms with van der Waals surface area (Å²) in [5.74, 6) is 1.46. The quantitative estimate of drug-likeness (QED) is 0.553. The second kappa shape index (κ2) is 9.22. The molecule has 132 valence electrons. The van der Waals surface area contributed by atoms with E-state index in [2.05, 4.69) is 40.3 Å². The lowest BCUT2D eigenvalue weighted by Gasteiger charge is -2.12. The van der Waals surface area contributed by atoms with Crippen molar-refractivity contribution in [1.82, 2.24) is 5.43 Å². The molecule has 5 nitrogen and oxygen atoms in total. The molecule has 0 saturated carbocycles. The Labute approximate surface area is 156 Å². The summed E-state index contributed by atoms with van der Waals surface area (Å²) in [4.78, 5) is 12.1. The maximum atomic E-state index is 12.1. The smallest absolute Gasteiger partial charge is 0.272 e. The first-order valence-corrected chi connectivity index (χ1v) is 8.69. The number of ether oxygens (including phenoxy) is 2. The number of methoxy groups -OCH3 is 1. The molecule has 0 aliphatic heterocycles. The Balaban J connectivity index is 2.03. The summed E-state index contributed by atoms with van der Waals surface area (Å²) in [6.45, 7) is 4.79. The lowest BCUT2D eigenvalue weighted by atomic mass is 10.2. The van der Waals surface area contributed by atoms with Crippen molar-refractivity contribution < 1.29 is 14.3 Å². The number of hydrazone groups is 1. The first kappa shape index (κ1) is 19.0. The van der Waals surface area contributed by atoms with Gasteiger partial charge in [0.05, 0.1) is 25.5 Å². The summed E-state index contributed by atoms with van der Waals surface area (Å²) in [6.07, 6.45) is 1.56. The Morgan fingerprint density at radius 3 is 2.68 bits per heavy atom. The maximum absolute atomic E-state index is 12.1. The topological polar surface area (TPSA) is 59.9 Å². The highest BCUT2D eigenvalue weighted by atomic mass is 79.9. The second-order valence-electron chi connectivity index (χ2n) is 5.79. The molecule has 2 aromatic carbocycles. The van der Waals surface area contributed by atoms with E-state index in [-0.39, 0.29) is 5.91 Å². The van der Waals surface area contributed by atoms with E-state index in [0.717, 1.165) is 10.0 Å². The van der Waals surface area contributed by atoms with E-state index in [0.29, 0.717) is 29.6 Å². The number of benzene rings is 2. The molecule has 1 amide bonds. The number of hydrogen-bond acceptors (Lipinski definition) is 4. The van der Waals surface area contributed by atoms with Crippen molar-refractivity contribution in [2.24, 2.45) is 11.0 Å². The largest absolute Gasteiger partial charge is 0.493 e. The van der Waals surface area contributed by atoms with Gasteiger partial charge in [-0.15, -0.1) is 0 Å². The average Bonchev–Trinajstić information content (AvgIpc) is 2.60. The third kappa shape index (κ3) is 5.60. The Morgan fingerprint density at radius 2 is 2.00 bits per heavy atom. The highest BCUT2D eigenvalue weighted by molar-refractivity contribution is 9.10. The summed E-state index contributed by atoms with van der Waals surface area (Å²) in [5.41, 5.74) is 3.82. The fourth-order valence-corrected chi connectivity index (χ4v) is 2.48. The minimum atomic E-state index is -0.285. The Bertz CT molecular complexity index is 760. The number of rotatable bonds is 7. The highest BCUT2D eigenvalue weighted by Crippen LogP contribution is 2.28. The van der Waals surface area contributed by atoms with Crippen molar-refractivity contribution in [3.05, 3.63) is 58.1 Å². The molecule has 0 spiro atoms. The lowest BCUT2D eigenvalue weighted by molar-refractivity contribution is 0.0954. The van der Waals surface area contributed by atoms with Crippen LogP contribution in [0, 0.1) is 5.92 Å². The SMILES string of the molecule is COc1cc(/C=N\NC(=O)c2ccccc2Br)ccc1OCC(C)C. The van der Waals surface area contributed by atoms with Crippen molar-refractivity contribution in [3.63, 3.8) is 0 Å². The average molecular weight is 405 g/mol. The summed E-state index contributed by atoms with van der Waals surface area (Å²) < 4.78 is 11.8. The number of nitrogens with zero attached hydrogens (tertiary/aromatic N) is 1. The fraction of sp³-hybridized carbons (Fsp3) is 0.263. The molecule has 0 aliphatic rings. The van der Waals surface area contributed by atoms with Gasteiger partial charge in [-0.2, -0.15) is 5.10 Å². The van der Waals surface area contributed by atoms with Crippen molar-refractivity contribution >= 4 is 28.1 Å². The fourth-order valence-electron chi connectivity index (χ4n) is 2.01. The molecule has 0 fully saturated rings. The van der Waals surface area contributed by atoms with Crippen LogP contribution in [-0.4, -0.2) is 25.8 Å². The Hall–Kier alpha value is -2.34. The van der Waals surface area contributed by atoms with Crippen molar-refractivity contribution in [2.45, 2.75) is 13.8 Å². The van der Waals surface area contributed by atoms with E-state index in [4.69, 9.17) is 9.47 Å². The first-order valence-electron chi connectivity index (χ1n) is 7.90. The van der Waals surface area contributed by atoms with Crippen molar-refractivity contribution in [1.29, 1.82) is 0 Å². The number of carbonyl (C=O) groups is 1. The molecular formula is C19H21BrN2O3. The van der Waals surface area contributed by atoms with Gasteiger partial charge in [0.2, 0.25) is 0 Å². The van der Waals surface area contributed by atoms with E-state index in [9.17, 15) is 4.79 Å². The van der Waals surface area contributed by atoms with Gasteiger partial charge in [-0.25, -0.2) is 5.43 Å². The molecule has 0 atom stereocenters. The number of halogens is 1. The van der Waals surface area contributed by atoms with E-state index in [1.807, 2.05) is 24.3 Å². The van der Waals surface area contributed by atoms with E-state index < -0.39 is 0 Å². The van der Waals surface area contributed by atoms with E-state index >= 15 is 0 Å². The van der Waals surface area contributed by atoms with Crippen LogP contribution in [0.5, 0.6) is 11.5 Å². The molecule has 0 bridgehead atoms. The molecule has 0 radical (unpaired) electrons. The molecule has 0 aromatic heterocycles. The number of nitrogens with one attached hydrogen (secondary N) is 1. The van der Waals surface area contributed by atoms with Crippen molar-refractivity contribution in [3.8, 4) is 11.5 Å². The first-order chi connectivity index (χ1) is 12.0. The molecule has 2 rings (SSSR count). The zero-order valence-electron chi connectivity index (χ0n) is 14.5. The van der Waals surface area contributed by atoms with Crippen LogP contribution < -0.4 is 14.9 Å². The van der Waals surface area contributed by atoms with Gasteiger partial charge in [0, 0.05) is 4.47 Å². The third-order valence-electron chi connectivity index (χ3n) is 3.26. The number of carbonyl (C=O) groups excluding carboxylic acids is 1. The lowest BCUT2D eigenvalue weighted by Crippen LogP contribution is -2.18. The van der Waals surface area contributed by atoms with Crippen LogP contribution >= 0.6 is 15.9 Å². The standard InChI is InChI=1S/C19H21BrN2O3/c1-13(2)12-25-17-9-8-14(10-18(17)24-3)11-21-22-19(23)15-6-4-5-7-16(15)20/h4-11,13H,12H2,1-3H3,(H,22,23)/b21-11-. The predicted molar refractivity (Wildman–Crippen MR) is 103 cm³/mol. The van der Waals surface area contributed by atoms with Crippen LogP contribution in [0.1, 0.15) is 29.8 Å². The zero-order valence-corrected chi connectivity index (χ0v) is 16.0. The molecule has 6 heteroatoms. The van der Waals surface area contributed by atoms with Crippen LogP contribution in [0.4, 0.5) is 0 Å². The maximum Gasteiger partial charge on any atom is 0.272 e. The zero-order chi connectivity index (χ0) is 18.2. The number of amides is 1. The predicted octanol–water partition coefficient (Wildman–Crippen LogP) is 4.26. The summed E-state index contributed by atoms with van der Waals surface area (Å²) in [5, 5.41) is 4.00. The molecule has 2 aromatic rings. The van der Waals surface area contributed by atoms with Crippen LogP contribution in [0.25, 0.3) is 0 Å². The highest BCUT2D eigenvalue weighted by Gasteiger charge is 2.08.